The average Bonchev–Trinajstić information content (AvgIpc) is 2.79. The van der Waals surface area contributed by atoms with Crippen LogP contribution in [0.2, 0.25) is 0 Å². The predicted molar refractivity (Wildman–Crippen MR) is 130 cm³/mol. The van der Waals surface area contributed by atoms with Gasteiger partial charge in [-0.2, -0.15) is 0 Å². The van der Waals surface area contributed by atoms with Crippen molar-refractivity contribution in [1.29, 1.82) is 0 Å². The quantitative estimate of drug-likeness (QED) is 0.387. The number of hydrogen-bond acceptors (Lipinski definition) is 3. The number of ether oxygens (including phenoxy) is 1. The van der Waals surface area contributed by atoms with Gasteiger partial charge in [-0.15, -0.1) is 0 Å². The molecule has 0 aliphatic carbocycles. The molecule has 164 valence electrons. The molecule has 1 unspecified atom stereocenters. The Morgan fingerprint density at radius 3 is 2.10 bits per heavy atom. The summed E-state index contributed by atoms with van der Waals surface area (Å²) in [4.78, 5) is 7.30. The highest BCUT2D eigenvalue weighted by Crippen LogP contribution is 2.34. The van der Waals surface area contributed by atoms with E-state index >= 15 is 0 Å². The van der Waals surface area contributed by atoms with Crippen LogP contribution in [0.1, 0.15) is 56.0 Å². The summed E-state index contributed by atoms with van der Waals surface area (Å²) in [6.45, 7) is 9.74. The van der Waals surface area contributed by atoms with Gasteiger partial charge in [0.05, 0.1) is 12.8 Å². The normalized spacial score (nSPS) is 12.4. The van der Waals surface area contributed by atoms with Crippen molar-refractivity contribution >= 4 is 0 Å². The van der Waals surface area contributed by atoms with Crippen LogP contribution in [0.25, 0.3) is 11.3 Å². The maximum absolute atomic E-state index is 5.83. The molecule has 0 spiro atoms. The molecule has 0 saturated heterocycles. The first-order valence-electron chi connectivity index (χ1n) is 11.4. The van der Waals surface area contributed by atoms with Gasteiger partial charge in [0, 0.05) is 36.0 Å². The molecular weight excluding hydrogens is 380 g/mol. The fraction of sp³-hybridized carbons (Fsp3) is 0.393. The van der Waals surface area contributed by atoms with E-state index < -0.39 is 0 Å². The van der Waals surface area contributed by atoms with Gasteiger partial charge in [0.15, 0.2) is 0 Å². The van der Waals surface area contributed by atoms with Crippen molar-refractivity contribution in [2.45, 2.75) is 53.1 Å². The predicted octanol–water partition coefficient (Wildman–Crippen LogP) is 6.71. The number of hydrogen-bond donors (Lipinski definition) is 0. The molecule has 0 aliphatic rings. The lowest BCUT2D eigenvalue weighted by Gasteiger charge is -2.32. The van der Waals surface area contributed by atoms with E-state index in [4.69, 9.17) is 9.72 Å². The topological polar surface area (TPSA) is 25.4 Å². The van der Waals surface area contributed by atoms with E-state index in [1.165, 1.54) is 22.3 Å². The molecule has 3 nitrogen and oxygen atoms in total. The van der Waals surface area contributed by atoms with Crippen molar-refractivity contribution in [2.24, 2.45) is 5.92 Å². The summed E-state index contributed by atoms with van der Waals surface area (Å²) in [6, 6.07) is 19.7. The number of pyridine rings is 1. The summed E-state index contributed by atoms with van der Waals surface area (Å²) in [5.41, 5.74) is 7.39. The van der Waals surface area contributed by atoms with Crippen molar-refractivity contribution in [1.82, 2.24) is 9.88 Å². The molecule has 1 atom stereocenters. The fourth-order valence-corrected chi connectivity index (χ4v) is 4.65. The van der Waals surface area contributed by atoms with Gasteiger partial charge in [0.1, 0.15) is 5.75 Å². The van der Waals surface area contributed by atoms with Crippen LogP contribution < -0.4 is 4.74 Å². The molecule has 3 rings (SSSR count). The summed E-state index contributed by atoms with van der Waals surface area (Å²) < 4.78 is 5.83. The average molecular weight is 417 g/mol. The zero-order valence-corrected chi connectivity index (χ0v) is 19.9. The third-order valence-corrected chi connectivity index (χ3v) is 6.09. The highest BCUT2D eigenvalue weighted by molar-refractivity contribution is 5.69. The highest BCUT2D eigenvalue weighted by atomic mass is 16.5. The van der Waals surface area contributed by atoms with E-state index in [1.807, 2.05) is 6.20 Å². The number of aromatic nitrogens is 1. The van der Waals surface area contributed by atoms with E-state index in [1.54, 1.807) is 7.11 Å². The first-order chi connectivity index (χ1) is 15.0. The molecule has 0 saturated carbocycles. The maximum Gasteiger partial charge on any atom is 0.127 e. The largest absolute Gasteiger partial charge is 0.496 e. The standard InChI is InChI=1S/C28H36N2O/c1-7-21-15-12-16-22(8-2)27(21)25-17-26(31-6)24(18-29-25)19-30(5)28(20(3)4)23-13-10-9-11-14-23/h9-18,20,28H,7-8,19H2,1-6H3. The van der Waals surface area contributed by atoms with E-state index in [0.29, 0.717) is 12.0 Å². The third-order valence-electron chi connectivity index (χ3n) is 6.09. The van der Waals surface area contributed by atoms with Crippen LogP contribution >= 0.6 is 0 Å². The van der Waals surface area contributed by atoms with Crippen LogP contribution in [0.3, 0.4) is 0 Å². The van der Waals surface area contributed by atoms with Crippen LogP contribution in [0.4, 0.5) is 0 Å². The lowest BCUT2D eigenvalue weighted by atomic mass is 9.93. The Morgan fingerprint density at radius 1 is 0.903 bits per heavy atom. The molecule has 2 aromatic carbocycles. The maximum atomic E-state index is 5.83. The zero-order chi connectivity index (χ0) is 22.4. The molecule has 1 heterocycles. The van der Waals surface area contributed by atoms with Crippen LogP contribution in [-0.2, 0) is 19.4 Å². The van der Waals surface area contributed by atoms with Crippen LogP contribution in [0, 0.1) is 5.92 Å². The minimum atomic E-state index is 0.332. The molecule has 0 bridgehead atoms. The van der Waals surface area contributed by atoms with Crippen molar-refractivity contribution in [3.8, 4) is 17.0 Å². The lowest BCUT2D eigenvalue weighted by molar-refractivity contribution is 0.184. The van der Waals surface area contributed by atoms with Crippen LogP contribution in [-0.4, -0.2) is 24.0 Å². The van der Waals surface area contributed by atoms with Gasteiger partial charge < -0.3 is 4.74 Å². The SMILES string of the molecule is CCc1cccc(CC)c1-c1cc(OC)c(CN(C)C(c2ccccc2)C(C)C)cn1. The molecule has 0 N–H and O–H groups in total. The first kappa shape index (κ1) is 23.0. The van der Waals surface area contributed by atoms with Crippen LogP contribution in [0.15, 0.2) is 60.8 Å². The molecule has 1 aromatic heterocycles. The number of methoxy groups -OCH3 is 1. The number of rotatable bonds is 9. The Labute approximate surface area is 188 Å². The molecular formula is C28H36N2O. The summed E-state index contributed by atoms with van der Waals surface area (Å²) in [5.74, 6) is 1.40. The zero-order valence-electron chi connectivity index (χ0n) is 19.9. The monoisotopic (exact) mass is 416 g/mol. The molecule has 31 heavy (non-hydrogen) atoms. The van der Waals surface area contributed by atoms with E-state index in [9.17, 15) is 0 Å². The molecule has 3 heteroatoms. The second-order valence-electron chi connectivity index (χ2n) is 8.55. The molecule has 0 aliphatic heterocycles. The van der Waals surface area contributed by atoms with Gasteiger partial charge in [0.2, 0.25) is 0 Å². The Hall–Kier alpha value is -2.65. The number of nitrogens with zero attached hydrogens (tertiary/aromatic N) is 2. The van der Waals surface area contributed by atoms with Gasteiger partial charge in [-0.1, -0.05) is 76.2 Å². The highest BCUT2D eigenvalue weighted by Gasteiger charge is 2.22. The van der Waals surface area contributed by atoms with Crippen molar-refractivity contribution in [3.05, 3.63) is 83.0 Å². The first-order valence-corrected chi connectivity index (χ1v) is 11.4. The van der Waals surface area contributed by atoms with E-state index in [2.05, 4.69) is 94.2 Å². The minimum Gasteiger partial charge on any atom is -0.496 e. The van der Waals surface area contributed by atoms with Gasteiger partial charge in [0.25, 0.3) is 0 Å². The molecule has 3 aromatic rings. The molecule has 0 radical (unpaired) electrons. The van der Waals surface area contributed by atoms with Gasteiger partial charge in [-0.05, 0) is 42.5 Å². The number of aryl methyl sites for hydroxylation is 2. The summed E-state index contributed by atoms with van der Waals surface area (Å²) in [7, 11) is 3.94. The summed E-state index contributed by atoms with van der Waals surface area (Å²) >= 11 is 0. The second kappa shape index (κ2) is 10.6. The lowest BCUT2D eigenvalue weighted by Crippen LogP contribution is -2.28. The third kappa shape index (κ3) is 5.16. The van der Waals surface area contributed by atoms with Gasteiger partial charge in [-0.25, -0.2) is 0 Å². The summed E-state index contributed by atoms with van der Waals surface area (Å²) in [5, 5.41) is 0. The Morgan fingerprint density at radius 2 is 1.55 bits per heavy atom. The van der Waals surface area contributed by atoms with Crippen LogP contribution in [0.5, 0.6) is 5.75 Å². The Balaban J connectivity index is 1.94. The second-order valence-corrected chi connectivity index (χ2v) is 8.55. The smallest absolute Gasteiger partial charge is 0.127 e. The van der Waals surface area contributed by atoms with Crippen molar-refractivity contribution in [2.75, 3.05) is 14.2 Å². The van der Waals surface area contributed by atoms with Crippen molar-refractivity contribution in [3.63, 3.8) is 0 Å². The van der Waals surface area contributed by atoms with Gasteiger partial charge >= 0.3 is 0 Å². The number of benzene rings is 2. The summed E-state index contributed by atoms with van der Waals surface area (Å²) in [6.07, 6.45) is 3.98. The van der Waals surface area contributed by atoms with E-state index in [-0.39, 0.29) is 0 Å². The van der Waals surface area contributed by atoms with Gasteiger partial charge in [-0.3, -0.25) is 9.88 Å². The Kier molecular flexibility index (Phi) is 7.86. The minimum absolute atomic E-state index is 0.332. The van der Waals surface area contributed by atoms with E-state index in [0.717, 1.165) is 36.4 Å². The molecule has 0 fully saturated rings. The Bertz CT molecular complexity index is 959. The molecule has 0 amide bonds. The fourth-order valence-electron chi connectivity index (χ4n) is 4.65. The van der Waals surface area contributed by atoms with Crippen molar-refractivity contribution < 1.29 is 4.74 Å².